The number of aromatic nitrogens is 2. The molecule has 1 aromatic carbocycles. The van der Waals surface area contributed by atoms with E-state index in [1.54, 1.807) is 42.0 Å². The van der Waals surface area contributed by atoms with Gasteiger partial charge < -0.3 is 15.0 Å². The standard InChI is InChI=1S/C16H15N3O3S/c20-12(9-19-6-2-1-3-15(19)21)8-17-16(22)11-4-5-13-14(7-11)23-10-18-13/h1-7,10,12,20H,8-9H2,(H,17,22). The summed E-state index contributed by atoms with van der Waals surface area (Å²) in [5, 5.41) is 12.7. The van der Waals surface area contributed by atoms with Gasteiger partial charge in [0.15, 0.2) is 0 Å². The molecule has 0 bridgehead atoms. The van der Waals surface area contributed by atoms with E-state index in [1.165, 1.54) is 22.0 Å². The number of nitrogens with zero attached hydrogens (tertiary/aromatic N) is 2. The summed E-state index contributed by atoms with van der Waals surface area (Å²) in [6, 6.07) is 10.1. The van der Waals surface area contributed by atoms with E-state index in [0.717, 1.165) is 10.2 Å². The second kappa shape index (κ2) is 6.72. The number of hydrogen-bond acceptors (Lipinski definition) is 5. The van der Waals surface area contributed by atoms with Gasteiger partial charge in [0.1, 0.15) is 0 Å². The molecule has 2 aromatic heterocycles. The summed E-state index contributed by atoms with van der Waals surface area (Å²) < 4.78 is 2.34. The Balaban J connectivity index is 1.59. The number of rotatable bonds is 5. The number of pyridine rings is 1. The zero-order valence-corrected chi connectivity index (χ0v) is 13.0. The number of benzene rings is 1. The first-order valence-corrected chi connectivity index (χ1v) is 7.96. The van der Waals surface area contributed by atoms with E-state index in [2.05, 4.69) is 10.3 Å². The molecular weight excluding hydrogens is 314 g/mol. The van der Waals surface area contributed by atoms with Crippen LogP contribution in [0.1, 0.15) is 10.4 Å². The number of amides is 1. The number of carbonyl (C=O) groups is 1. The molecule has 2 heterocycles. The summed E-state index contributed by atoms with van der Waals surface area (Å²) in [7, 11) is 0. The molecule has 2 N–H and O–H groups in total. The minimum absolute atomic E-state index is 0.0703. The second-order valence-electron chi connectivity index (χ2n) is 5.09. The Morgan fingerprint density at radius 3 is 3.04 bits per heavy atom. The zero-order valence-electron chi connectivity index (χ0n) is 12.2. The van der Waals surface area contributed by atoms with Gasteiger partial charge in [-0.05, 0) is 24.3 Å². The summed E-state index contributed by atoms with van der Waals surface area (Å²) >= 11 is 1.47. The molecule has 0 fully saturated rings. The zero-order chi connectivity index (χ0) is 16.2. The van der Waals surface area contributed by atoms with Crippen LogP contribution in [0, 0.1) is 0 Å². The number of carbonyl (C=O) groups excluding carboxylic acids is 1. The molecule has 0 aliphatic rings. The molecule has 0 aliphatic heterocycles. The predicted octanol–water partition coefficient (Wildman–Crippen LogP) is 1.25. The Hall–Kier alpha value is -2.51. The summed E-state index contributed by atoms with van der Waals surface area (Å²) in [5.41, 5.74) is 2.92. The Kier molecular flexibility index (Phi) is 4.50. The summed E-state index contributed by atoms with van der Waals surface area (Å²) in [5.74, 6) is -0.264. The molecule has 7 heteroatoms. The van der Waals surface area contributed by atoms with Crippen molar-refractivity contribution < 1.29 is 9.90 Å². The third-order valence-electron chi connectivity index (χ3n) is 3.40. The van der Waals surface area contributed by atoms with E-state index in [1.807, 2.05) is 0 Å². The predicted molar refractivity (Wildman–Crippen MR) is 88.7 cm³/mol. The lowest BCUT2D eigenvalue weighted by Gasteiger charge is -2.13. The molecule has 1 amide bonds. The third kappa shape index (κ3) is 3.64. The number of aliphatic hydroxyl groups excluding tert-OH is 1. The molecule has 0 saturated heterocycles. The molecule has 0 spiro atoms. The molecule has 6 nitrogen and oxygen atoms in total. The normalized spacial score (nSPS) is 12.2. The van der Waals surface area contributed by atoms with Crippen molar-refractivity contribution in [2.45, 2.75) is 12.6 Å². The summed E-state index contributed by atoms with van der Waals surface area (Å²) in [6.45, 7) is 0.203. The SMILES string of the molecule is O=C(NCC(O)Cn1ccccc1=O)c1ccc2ncsc2c1. The van der Waals surface area contributed by atoms with Gasteiger partial charge in [-0.1, -0.05) is 6.07 Å². The van der Waals surface area contributed by atoms with E-state index >= 15 is 0 Å². The average molecular weight is 329 g/mol. The van der Waals surface area contributed by atoms with Gasteiger partial charge in [-0.2, -0.15) is 0 Å². The van der Waals surface area contributed by atoms with Crippen molar-refractivity contribution in [3.63, 3.8) is 0 Å². The van der Waals surface area contributed by atoms with Crippen LogP contribution in [0.15, 0.2) is 52.9 Å². The van der Waals surface area contributed by atoms with Gasteiger partial charge >= 0.3 is 0 Å². The van der Waals surface area contributed by atoms with Crippen LogP contribution in [0.2, 0.25) is 0 Å². The highest BCUT2D eigenvalue weighted by Crippen LogP contribution is 2.18. The van der Waals surface area contributed by atoms with Crippen LogP contribution in [0.3, 0.4) is 0 Å². The first-order valence-electron chi connectivity index (χ1n) is 7.08. The van der Waals surface area contributed by atoms with Crippen molar-refractivity contribution in [1.82, 2.24) is 14.9 Å². The smallest absolute Gasteiger partial charge is 0.251 e. The van der Waals surface area contributed by atoms with Crippen molar-refractivity contribution in [3.05, 3.63) is 64.0 Å². The lowest BCUT2D eigenvalue weighted by molar-refractivity contribution is 0.0903. The van der Waals surface area contributed by atoms with Crippen molar-refractivity contribution in [2.75, 3.05) is 6.54 Å². The fraction of sp³-hybridized carbons (Fsp3) is 0.188. The van der Waals surface area contributed by atoms with Gasteiger partial charge in [-0.25, -0.2) is 4.98 Å². The van der Waals surface area contributed by atoms with Crippen molar-refractivity contribution >= 4 is 27.5 Å². The number of aliphatic hydroxyl groups is 1. The molecule has 0 aliphatic carbocycles. The largest absolute Gasteiger partial charge is 0.389 e. The van der Waals surface area contributed by atoms with Crippen LogP contribution in [0.25, 0.3) is 10.2 Å². The van der Waals surface area contributed by atoms with Crippen LogP contribution < -0.4 is 10.9 Å². The van der Waals surface area contributed by atoms with Crippen LogP contribution in [0.5, 0.6) is 0 Å². The Morgan fingerprint density at radius 1 is 1.35 bits per heavy atom. The molecule has 3 rings (SSSR count). The van der Waals surface area contributed by atoms with E-state index < -0.39 is 6.10 Å². The van der Waals surface area contributed by atoms with Crippen LogP contribution >= 0.6 is 11.3 Å². The van der Waals surface area contributed by atoms with Crippen molar-refractivity contribution in [3.8, 4) is 0 Å². The van der Waals surface area contributed by atoms with Gasteiger partial charge in [-0.3, -0.25) is 9.59 Å². The first-order chi connectivity index (χ1) is 11.1. The molecule has 1 unspecified atom stereocenters. The lowest BCUT2D eigenvalue weighted by Crippen LogP contribution is -2.36. The molecule has 23 heavy (non-hydrogen) atoms. The summed E-state index contributed by atoms with van der Waals surface area (Å²) in [4.78, 5) is 27.9. The topological polar surface area (TPSA) is 84.2 Å². The average Bonchev–Trinajstić information content (AvgIpc) is 3.02. The van der Waals surface area contributed by atoms with E-state index in [4.69, 9.17) is 0 Å². The van der Waals surface area contributed by atoms with Gasteiger partial charge in [0.25, 0.3) is 11.5 Å². The van der Waals surface area contributed by atoms with Gasteiger partial charge in [-0.15, -0.1) is 11.3 Å². The van der Waals surface area contributed by atoms with Gasteiger partial charge in [0.2, 0.25) is 0 Å². The Labute approximate surface area is 136 Å². The highest BCUT2D eigenvalue weighted by Gasteiger charge is 2.11. The van der Waals surface area contributed by atoms with E-state index in [0.29, 0.717) is 5.56 Å². The second-order valence-corrected chi connectivity index (χ2v) is 5.98. The minimum atomic E-state index is -0.841. The fourth-order valence-electron chi connectivity index (χ4n) is 2.21. The van der Waals surface area contributed by atoms with Crippen molar-refractivity contribution in [2.24, 2.45) is 0 Å². The maximum absolute atomic E-state index is 12.1. The van der Waals surface area contributed by atoms with Crippen LogP contribution in [-0.4, -0.2) is 33.2 Å². The van der Waals surface area contributed by atoms with E-state index in [9.17, 15) is 14.7 Å². The Bertz CT molecular complexity index is 887. The highest BCUT2D eigenvalue weighted by molar-refractivity contribution is 7.16. The quantitative estimate of drug-likeness (QED) is 0.738. The Morgan fingerprint density at radius 2 is 2.22 bits per heavy atom. The fourth-order valence-corrected chi connectivity index (χ4v) is 2.93. The van der Waals surface area contributed by atoms with Crippen LogP contribution in [0.4, 0.5) is 0 Å². The highest BCUT2D eigenvalue weighted by atomic mass is 32.1. The number of hydrogen-bond donors (Lipinski definition) is 2. The monoisotopic (exact) mass is 329 g/mol. The number of fused-ring (bicyclic) bond motifs is 1. The molecule has 0 radical (unpaired) electrons. The minimum Gasteiger partial charge on any atom is -0.389 e. The maximum Gasteiger partial charge on any atom is 0.251 e. The van der Waals surface area contributed by atoms with Gasteiger partial charge in [0, 0.05) is 24.4 Å². The van der Waals surface area contributed by atoms with Crippen LogP contribution in [-0.2, 0) is 6.54 Å². The van der Waals surface area contributed by atoms with Crippen molar-refractivity contribution in [1.29, 1.82) is 0 Å². The lowest BCUT2D eigenvalue weighted by atomic mass is 10.2. The molecule has 0 saturated carbocycles. The number of thiazole rings is 1. The summed E-state index contributed by atoms with van der Waals surface area (Å²) in [6.07, 6.45) is 0.761. The molecular formula is C16H15N3O3S. The van der Waals surface area contributed by atoms with Gasteiger partial charge in [0.05, 0.1) is 28.4 Å². The molecule has 1 atom stereocenters. The molecule has 118 valence electrons. The molecule has 3 aromatic rings. The first kappa shape index (κ1) is 15.4. The van der Waals surface area contributed by atoms with E-state index in [-0.39, 0.29) is 24.6 Å². The third-order valence-corrected chi connectivity index (χ3v) is 4.19. The number of nitrogens with one attached hydrogen (secondary N) is 1. The maximum atomic E-state index is 12.1.